The fraction of sp³-hybridized carbons (Fsp3) is 0.467. The predicted octanol–water partition coefficient (Wildman–Crippen LogP) is 6.04. The number of aromatic amines is 1. The van der Waals surface area contributed by atoms with E-state index in [4.69, 9.17) is 0 Å². The Labute approximate surface area is 218 Å². The number of hydrogen-bond donors (Lipinski definition) is 1. The molecule has 1 fully saturated rings. The third-order valence-electron chi connectivity index (χ3n) is 7.68. The largest absolute Gasteiger partial charge is 0.322 e. The highest BCUT2D eigenvalue weighted by Gasteiger charge is 2.32. The molecule has 2 aromatic heterocycles. The summed E-state index contributed by atoms with van der Waals surface area (Å²) in [6.07, 6.45) is 5.95. The highest BCUT2D eigenvalue weighted by Crippen LogP contribution is 2.34. The summed E-state index contributed by atoms with van der Waals surface area (Å²) in [6.45, 7) is 9.84. The first-order valence-electron chi connectivity index (χ1n) is 13.6. The second kappa shape index (κ2) is 11.0. The number of benzene rings is 2. The molecule has 4 aromatic rings. The van der Waals surface area contributed by atoms with E-state index in [1.165, 1.54) is 36.0 Å². The molecule has 5 rings (SSSR count). The maximum absolute atomic E-state index is 13.2. The van der Waals surface area contributed by atoms with Crippen LogP contribution in [0.15, 0.2) is 53.3 Å². The molecule has 37 heavy (non-hydrogen) atoms. The number of rotatable bonds is 8. The van der Waals surface area contributed by atoms with Crippen LogP contribution in [0.25, 0.3) is 10.9 Å². The number of hydrogen-bond acceptors (Lipinski definition) is 5. The molecule has 0 aliphatic heterocycles. The number of fused-ring (bicyclic) bond motifs is 1. The lowest BCUT2D eigenvalue weighted by Gasteiger charge is -2.35. The molecule has 2 heterocycles. The zero-order chi connectivity index (χ0) is 25.9. The molecular formula is C30H38N6O. The second-order valence-electron chi connectivity index (χ2n) is 11.1. The number of aryl methyl sites for hydroxylation is 2. The average molecular weight is 499 g/mol. The third kappa shape index (κ3) is 5.67. The molecule has 194 valence electrons. The molecule has 7 nitrogen and oxygen atoms in total. The van der Waals surface area contributed by atoms with Gasteiger partial charge < -0.3 is 4.98 Å². The maximum atomic E-state index is 13.2. The minimum Gasteiger partial charge on any atom is -0.322 e. The first-order chi connectivity index (χ1) is 17.9. The molecule has 0 saturated heterocycles. The van der Waals surface area contributed by atoms with Gasteiger partial charge >= 0.3 is 0 Å². The van der Waals surface area contributed by atoms with Gasteiger partial charge in [-0.15, -0.1) is 5.10 Å². The van der Waals surface area contributed by atoms with E-state index in [-0.39, 0.29) is 17.5 Å². The van der Waals surface area contributed by atoms with Gasteiger partial charge in [-0.25, -0.2) is 4.68 Å². The Kier molecular flexibility index (Phi) is 7.51. The van der Waals surface area contributed by atoms with Gasteiger partial charge in [-0.2, -0.15) is 0 Å². The molecular weight excluding hydrogens is 460 g/mol. The van der Waals surface area contributed by atoms with Crippen molar-refractivity contribution in [3.63, 3.8) is 0 Å². The smallest absolute Gasteiger partial charge is 0.252 e. The number of nitrogens with one attached hydrogen (secondary N) is 1. The first-order valence-corrected chi connectivity index (χ1v) is 13.6. The minimum atomic E-state index is -0.0420. The van der Waals surface area contributed by atoms with Crippen molar-refractivity contribution in [3.8, 4) is 0 Å². The molecule has 1 aliphatic carbocycles. The van der Waals surface area contributed by atoms with E-state index in [0.29, 0.717) is 19.1 Å². The number of H-pyrrole nitrogens is 1. The second-order valence-corrected chi connectivity index (χ2v) is 11.1. The molecule has 1 atom stereocenters. The van der Waals surface area contributed by atoms with Crippen molar-refractivity contribution in [2.75, 3.05) is 0 Å². The van der Waals surface area contributed by atoms with Crippen molar-refractivity contribution in [2.24, 2.45) is 5.92 Å². The van der Waals surface area contributed by atoms with Crippen LogP contribution in [-0.4, -0.2) is 30.1 Å². The maximum Gasteiger partial charge on any atom is 0.252 e. The van der Waals surface area contributed by atoms with Gasteiger partial charge in [0.25, 0.3) is 5.56 Å². The van der Waals surface area contributed by atoms with Gasteiger partial charge in [0.15, 0.2) is 5.82 Å². The van der Waals surface area contributed by atoms with Gasteiger partial charge in [-0.05, 0) is 72.2 Å². The van der Waals surface area contributed by atoms with Crippen molar-refractivity contribution < 1.29 is 0 Å². The molecule has 0 radical (unpaired) electrons. The quantitative estimate of drug-likeness (QED) is 0.321. The Morgan fingerprint density at radius 3 is 2.43 bits per heavy atom. The van der Waals surface area contributed by atoms with Crippen molar-refractivity contribution in [1.29, 1.82) is 0 Å². The fourth-order valence-electron chi connectivity index (χ4n) is 5.75. The highest BCUT2D eigenvalue weighted by atomic mass is 16.1. The van der Waals surface area contributed by atoms with E-state index >= 15 is 0 Å². The molecule has 1 N–H and O–H groups in total. The number of tetrazole rings is 1. The molecule has 0 amide bonds. The van der Waals surface area contributed by atoms with Crippen LogP contribution in [0.5, 0.6) is 0 Å². The SMILES string of the molecule is Cc1ccc(CN(Cc2cc3cc(C)ccc3[nH]c2=O)C(c2nnnn2C2CCCCC2)C(C)C)cc1. The van der Waals surface area contributed by atoms with Crippen LogP contribution in [0.3, 0.4) is 0 Å². The molecule has 1 aliphatic rings. The van der Waals surface area contributed by atoms with Crippen molar-refractivity contribution in [2.45, 2.75) is 85.0 Å². The van der Waals surface area contributed by atoms with E-state index in [9.17, 15) is 4.79 Å². The lowest BCUT2D eigenvalue weighted by Crippen LogP contribution is -2.36. The van der Waals surface area contributed by atoms with Crippen molar-refractivity contribution in [3.05, 3.63) is 87.0 Å². The lowest BCUT2D eigenvalue weighted by molar-refractivity contribution is 0.121. The van der Waals surface area contributed by atoms with Gasteiger partial charge in [0.1, 0.15) is 0 Å². The topological polar surface area (TPSA) is 79.7 Å². The molecule has 1 saturated carbocycles. The summed E-state index contributed by atoms with van der Waals surface area (Å²) in [6, 6.07) is 17.1. The molecule has 0 bridgehead atoms. The molecule has 2 aromatic carbocycles. The molecule has 7 heteroatoms. The normalized spacial score (nSPS) is 15.6. The van der Waals surface area contributed by atoms with Gasteiger partial charge in [0.2, 0.25) is 0 Å². The van der Waals surface area contributed by atoms with Gasteiger partial charge in [-0.1, -0.05) is 74.6 Å². The van der Waals surface area contributed by atoms with Gasteiger partial charge in [0, 0.05) is 24.2 Å². The fourth-order valence-corrected chi connectivity index (χ4v) is 5.75. The van der Waals surface area contributed by atoms with Gasteiger partial charge in [-0.3, -0.25) is 9.69 Å². The monoisotopic (exact) mass is 498 g/mol. The minimum absolute atomic E-state index is 0.0363. The zero-order valence-corrected chi connectivity index (χ0v) is 22.4. The number of pyridine rings is 1. The van der Waals surface area contributed by atoms with Crippen LogP contribution in [-0.2, 0) is 13.1 Å². The average Bonchev–Trinajstić information content (AvgIpc) is 3.36. The highest BCUT2D eigenvalue weighted by molar-refractivity contribution is 5.79. The Morgan fingerprint density at radius 1 is 0.973 bits per heavy atom. The van der Waals surface area contributed by atoms with Crippen LogP contribution in [0.1, 0.15) is 86.1 Å². The van der Waals surface area contributed by atoms with Crippen LogP contribution < -0.4 is 5.56 Å². The Balaban J connectivity index is 1.56. The van der Waals surface area contributed by atoms with E-state index < -0.39 is 0 Å². The van der Waals surface area contributed by atoms with Crippen LogP contribution in [0.2, 0.25) is 0 Å². The summed E-state index contributed by atoms with van der Waals surface area (Å²) in [4.78, 5) is 18.7. The third-order valence-corrected chi connectivity index (χ3v) is 7.68. The Hall–Kier alpha value is -3.32. The summed E-state index contributed by atoms with van der Waals surface area (Å²) in [7, 11) is 0. The first kappa shape index (κ1) is 25.3. The van der Waals surface area contributed by atoms with Crippen LogP contribution in [0.4, 0.5) is 0 Å². The predicted molar refractivity (Wildman–Crippen MR) is 147 cm³/mol. The number of aromatic nitrogens is 5. The molecule has 0 spiro atoms. The Morgan fingerprint density at radius 2 is 1.70 bits per heavy atom. The summed E-state index contributed by atoms with van der Waals surface area (Å²) in [5.41, 5.74) is 5.20. The zero-order valence-electron chi connectivity index (χ0n) is 22.4. The van der Waals surface area contributed by atoms with Crippen LogP contribution >= 0.6 is 0 Å². The van der Waals surface area contributed by atoms with Crippen LogP contribution in [0, 0.1) is 19.8 Å². The van der Waals surface area contributed by atoms with E-state index in [0.717, 1.165) is 35.1 Å². The van der Waals surface area contributed by atoms with Crippen molar-refractivity contribution in [1.82, 2.24) is 30.1 Å². The standard InChI is InChI=1S/C30H38N6O/c1-20(2)28(29-32-33-34-36(29)26-8-6-5-7-9-26)35(18-23-13-10-21(3)11-14-23)19-25-17-24-16-22(4)12-15-27(24)31-30(25)37/h10-17,20,26,28H,5-9,18-19H2,1-4H3,(H,31,37). The summed E-state index contributed by atoms with van der Waals surface area (Å²) >= 11 is 0. The number of nitrogens with zero attached hydrogens (tertiary/aromatic N) is 5. The van der Waals surface area contributed by atoms with Crippen molar-refractivity contribution >= 4 is 10.9 Å². The Bertz CT molecular complexity index is 1400. The summed E-state index contributed by atoms with van der Waals surface area (Å²) in [5.74, 6) is 1.16. The van der Waals surface area contributed by atoms with E-state index in [1.54, 1.807) is 0 Å². The summed E-state index contributed by atoms with van der Waals surface area (Å²) in [5, 5.41) is 14.3. The van der Waals surface area contributed by atoms with E-state index in [1.807, 2.05) is 18.2 Å². The lowest BCUT2D eigenvalue weighted by atomic mass is 9.94. The van der Waals surface area contributed by atoms with E-state index in [2.05, 4.69) is 88.1 Å². The van der Waals surface area contributed by atoms with Gasteiger partial charge in [0.05, 0.1) is 12.1 Å². The summed E-state index contributed by atoms with van der Waals surface area (Å²) < 4.78 is 2.08. The molecule has 1 unspecified atom stereocenters.